The quantitative estimate of drug-likeness (QED) is 0.599. The highest BCUT2D eigenvalue weighted by Crippen LogP contribution is 2.32. The number of amides is 1. The van der Waals surface area contributed by atoms with E-state index >= 15 is 0 Å². The van der Waals surface area contributed by atoms with E-state index in [1.165, 1.54) is 5.56 Å². The Morgan fingerprint density at radius 1 is 1.00 bits per heavy atom. The molecule has 2 aromatic carbocycles. The number of benzene rings is 2. The van der Waals surface area contributed by atoms with Crippen molar-refractivity contribution < 1.29 is 14.3 Å². The fourth-order valence-corrected chi connectivity index (χ4v) is 3.87. The lowest BCUT2D eigenvalue weighted by Crippen LogP contribution is -2.47. The predicted octanol–water partition coefficient (Wildman–Crippen LogP) is 2.96. The van der Waals surface area contributed by atoms with Crippen LogP contribution >= 0.6 is 0 Å². The lowest BCUT2D eigenvalue weighted by molar-refractivity contribution is -0.127. The van der Waals surface area contributed by atoms with Crippen LogP contribution in [-0.4, -0.2) is 58.2 Å². The molecule has 5 rings (SSSR count). The Morgan fingerprint density at radius 3 is 2.58 bits per heavy atom. The number of ether oxygens (including phenoxy) is 2. The monoisotopic (exact) mass is 416 g/mol. The van der Waals surface area contributed by atoms with Gasteiger partial charge >= 0.3 is 0 Å². The fraction of sp³-hybridized carbons (Fsp3) is 0.250. The number of hydrogen-bond acceptors (Lipinski definition) is 5. The van der Waals surface area contributed by atoms with Gasteiger partial charge in [0.05, 0.1) is 6.33 Å². The molecule has 158 valence electrons. The summed E-state index contributed by atoms with van der Waals surface area (Å²) in [5.41, 5.74) is 3.24. The molecule has 1 fully saturated rings. The maximum atomic E-state index is 12.6. The molecule has 31 heavy (non-hydrogen) atoms. The van der Waals surface area contributed by atoms with Crippen molar-refractivity contribution >= 4 is 12.0 Å². The highest BCUT2D eigenvalue weighted by molar-refractivity contribution is 5.91. The van der Waals surface area contributed by atoms with Crippen molar-refractivity contribution in [1.29, 1.82) is 0 Å². The van der Waals surface area contributed by atoms with Crippen molar-refractivity contribution in [1.82, 2.24) is 19.4 Å². The topological polar surface area (TPSA) is 59.8 Å². The number of piperazine rings is 1. The molecule has 0 bridgehead atoms. The SMILES string of the molecule is O=C(/C=C/c1ccc(-n2ccnc2)cc1)N1CCN(Cc2ccc3c(c2)OCO3)CC1. The molecule has 0 saturated carbocycles. The zero-order valence-electron chi connectivity index (χ0n) is 17.2. The van der Waals surface area contributed by atoms with Gasteiger partial charge in [-0.25, -0.2) is 4.98 Å². The molecule has 7 heteroatoms. The number of carbonyl (C=O) groups excluding carboxylic acids is 1. The molecule has 1 amide bonds. The lowest BCUT2D eigenvalue weighted by atomic mass is 10.1. The first kappa shape index (κ1) is 19.4. The second-order valence-electron chi connectivity index (χ2n) is 7.68. The third kappa shape index (κ3) is 4.46. The summed E-state index contributed by atoms with van der Waals surface area (Å²) in [6.45, 7) is 4.31. The number of nitrogens with zero attached hydrogens (tertiary/aromatic N) is 4. The van der Waals surface area contributed by atoms with E-state index in [9.17, 15) is 4.79 Å². The van der Waals surface area contributed by atoms with Gasteiger partial charge in [0.25, 0.3) is 0 Å². The summed E-state index contributed by atoms with van der Waals surface area (Å²) in [4.78, 5) is 20.9. The minimum Gasteiger partial charge on any atom is -0.454 e. The van der Waals surface area contributed by atoms with Gasteiger partial charge in [-0.15, -0.1) is 0 Å². The molecular formula is C24H24N4O3. The van der Waals surface area contributed by atoms with Gasteiger partial charge in [-0.1, -0.05) is 18.2 Å². The summed E-state index contributed by atoms with van der Waals surface area (Å²) >= 11 is 0. The maximum Gasteiger partial charge on any atom is 0.246 e. The van der Waals surface area contributed by atoms with Crippen LogP contribution in [0.4, 0.5) is 0 Å². The van der Waals surface area contributed by atoms with Gasteiger partial charge in [0.1, 0.15) is 0 Å². The molecule has 0 unspecified atom stereocenters. The molecule has 0 N–H and O–H groups in total. The molecule has 1 aromatic heterocycles. The van der Waals surface area contributed by atoms with E-state index in [0.717, 1.165) is 55.5 Å². The molecule has 0 atom stereocenters. The van der Waals surface area contributed by atoms with Gasteiger partial charge in [0.2, 0.25) is 12.7 Å². The second-order valence-corrected chi connectivity index (χ2v) is 7.68. The Morgan fingerprint density at radius 2 is 1.81 bits per heavy atom. The minimum absolute atomic E-state index is 0.0569. The van der Waals surface area contributed by atoms with Crippen molar-refractivity contribution in [3.05, 3.63) is 78.4 Å². The minimum atomic E-state index is 0.0569. The van der Waals surface area contributed by atoms with Crippen LogP contribution in [0.5, 0.6) is 11.5 Å². The van der Waals surface area contributed by atoms with Crippen molar-refractivity contribution in [2.24, 2.45) is 0 Å². The first-order valence-corrected chi connectivity index (χ1v) is 10.4. The van der Waals surface area contributed by atoms with Gasteiger partial charge in [-0.2, -0.15) is 0 Å². The van der Waals surface area contributed by atoms with Crippen LogP contribution in [0, 0.1) is 0 Å². The van der Waals surface area contributed by atoms with Crippen LogP contribution in [0.3, 0.4) is 0 Å². The fourth-order valence-electron chi connectivity index (χ4n) is 3.87. The zero-order valence-corrected chi connectivity index (χ0v) is 17.2. The molecular weight excluding hydrogens is 392 g/mol. The summed E-state index contributed by atoms with van der Waals surface area (Å²) < 4.78 is 12.8. The van der Waals surface area contributed by atoms with Crippen LogP contribution in [0.1, 0.15) is 11.1 Å². The zero-order chi connectivity index (χ0) is 21.0. The first-order chi connectivity index (χ1) is 15.2. The molecule has 0 aliphatic carbocycles. The van der Waals surface area contributed by atoms with Gasteiger partial charge in [-0.3, -0.25) is 9.69 Å². The van der Waals surface area contributed by atoms with Crippen molar-refractivity contribution in [3.63, 3.8) is 0 Å². The average Bonchev–Trinajstić information content (AvgIpc) is 3.50. The van der Waals surface area contributed by atoms with E-state index in [4.69, 9.17) is 9.47 Å². The molecule has 1 saturated heterocycles. The van der Waals surface area contributed by atoms with Gasteiger partial charge < -0.3 is 18.9 Å². The van der Waals surface area contributed by atoms with E-state index in [2.05, 4.69) is 16.0 Å². The van der Waals surface area contributed by atoms with E-state index in [1.807, 2.05) is 58.1 Å². The van der Waals surface area contributed by atoms with Crippen molar-refractivity contribution in [2.75, 3.05) is 33.0 Å². The summed E-state index contributed by atoms with van der Waals surface area (Å²) in [6.07, 6.45) is 8.96. The van der Waals surface area contributed by atoms with Gasteiger partial charge in [0, 0.05) is 56.9 Å². The van der Waals surface area contributed by atoms with Crippen molar-refractivity contribution in [2.45, 2.75) is 6.54 Å². The van der Waals surface area contributed by atoms with E-state index in [-0.39, 0.29) is 5.91 Å². The Balaban J connectivity index is 1.12. The smallest absolute Gasteiger partial charge is 0.246 e. The first-order valence-electron chi connectivity index (χ1n) is 10.4. The van der Waals surface area contributed by atoms with Crippen LogP contribution in [0.25, 0.3) is 11.8 Å². The van der Waals surface area contributed by atoms with Crippen molar-refractivity contribution in [3.8, 4) is 17.2 Å². The standard InChI is InChI=1S/C24H24N4O3/c29-24(8-4-19-1-5-21(6-2-19)28-10-9-25-17-28)27-13-11-26(12-14-27)16-20-3-7-22-23(15-20)31-18-30-22/h1-10,15,17H,11-14,16,18H2/b8-4+. The highest BCUT2D eigenvalue weighted by Gasteiger charge is 2.20. The van der Waals surface area contributed by atoms with Crippen LogP contribution < -0.4 is 9.47 Å². The van der Waals surface area contributed by atoms with E-state index < -0.39 is 0 Å². The summed E-state index contributed by atoms with van der Waals surface area (Å²) in [7, 11) is 0. The molecule has 0 radical (unpaired) electrons. The third-order valence-electron chi connectivity index (χ3n) is 5.64. The third-order valence-corrected chi connectivity index (χ3v) is 5.64. The number of hydrogen-bond donors (Lipinski definition) is 0. The molecule has 2 aliphatic heterocycles. The summed E-state index contributed by atoms with van der Waals surface area (Å²) in [5, 5.41) is 0. The number of carbonyl (C=O) groups is 1. The summed E-state index contributed by atoms with van der Waals surface area (Å²) in [6, 6.07) is 14.1. The van der Waals surface area contributed by atoms with Crippen LogP contribution in [0.2, 0.25) is 0 Å². The van der Waals surface area contributed by atoms with Crippen LogP contribution in [0.15, 0.2) is 67.3 Å². The average molecular weight is 416 g/mol. The molecule has 7 nitrogen and oxygen atoms in total. The number of rotatable bonds is 5. The molecule has 3 heterocycles. The second kappa shape index (κ2) is 8.65. The number of imidazole rings is 1. The molecule has 0 spiro atoms. The Bertz CT molecular complexity index is 1070. The largest absolute Gasteiger partial charge is 0.454 e. The molecule has 2 aliphatic rings. The Kier molecular flexibility index (Phi) is 5.41. The lowest BCUT2D eigenvalue weighted by Gasteiger charge is -2.34. The number of fused-ring (bicyclic) bond motifs is 1. The maximum absolute atomic E-state index is 12.6. The van der Waals surface area contributed by atoms with Gasteiger partial charge in [-0.05, 0) is 41.5 Å². The predicted molar refractivity (Wildman–Crippen MR) is 117 cm³/mol. The van der Waals surface area contributed by atoms with E-state index in [0.29, 0.717) is 6.79 Å². The normalized spacial score (nSPS) is 16.2. The van der Waals surface area contributed by atoms with Gasteiger partial charge in [0.15, 0.2) is 11.5 Å². The Labute approximate surface area is 181 Å². The van der Waals surface area contributed by atoms with E-state index in [1.54, 1.807) is 18.6 Å². The highest BCUT2D eigenvalue weighted by atomic mass is 16.7. The number of aromatic nitrogens is 2. The summed E-state index contributed by atoms with van der Waals surface area (Å²) in [5.74, 6) is 1.68. The Hall–Kier alpha value is -3.58. The molecule has 3 aromatic rings. The van der Waals surface area contributed by atoms with Crippen LogP contribution in [-0.2, 0) is 11.3 Å².